The van der Waals surface area contributed by atoms with E-state index >= 15 is 0 Å². The van der Waals surface area contributed by atoms with E-state index < -0.39 is 30.6 Å². The zero-order valence-electron chi connectivity index (χ0n) is 25.7. The van der Waals surface area contributed by atoms with Crippen molar-refractivity contribution in [3.05, 3.63) is 72.2 Å². The summed E-state index contributed by atoms with van der Waals surface area (Å²) in [7, 11) is 2.55. The third-order valence-electron chi connectivity index (χ3n) is 8.04. The molecule has 0 saturated carbocycles. The molecule has 2 unspecified atom stereocenters. The first kappa shape index (κ1) is 33.2. The van der Waals surface area contributed by atoms with Crippen LogP contribution < -0.4 is 17.7 Å². The van der Waals surface area contributed by atoms with Crippen LogP contribution in [0.15, 0.2) is 61.1 Å². The fraction of sp³-hybridized carbons (Fsp3) is 0.323. The molecule has 246 valence electrons. The summed E-state index contributed by atoms with van der Waals surface area (Å²) >= 11 is 0. The molecule has 1 amide bonds. The molecule has 0 aliphatic carbocycles. The second-order valence-electron chi connectivity index (χ2n) is 10.8. The molecule has 5 aromatic rings. The molecular formula is C31H33ClN9O6-. The van der Waals surface area contributed by atoms with Gasteiger partial charge in [-0.25, -0.2) is 19.0 Å². The van der Waals surface area contributed by atoms with E-state index in [1.165, 1.54) is 29.8 Å². The number of nitrogens with zero attached hydrogens (tertiary/aromatic N) is 7. The van der Waals surface area contributed by atoms with Crippen LogP contribution in [-0.2, 0) is 25.5 Å². The minimum atomic E-state index is -1.08. The van der Waals surface area contributed by atoms with Crippen LogP contribution in [-0.4, -0.2) is 110 Å². The number of aromatic nitrogens is 7. The van der Waals surface area contributed by atoms with E-state index in [1.807, 2.05) is 30.5 Å². The molecule has 47 heavy (non-hydrogen) atoms. The van der Waals surface area contributed by atoms with Gasteiger partial charge in [0, 0.05) is 66.4 Å². The fourth-order valence-corrected chi connectivity index (χ4v) is 5.55. The topological polar surface area (TPSA) is 182 Å². The number of carbonyl (C=O) groups excluding carboxylic acids is 3. The van der Waals surface area contributed by atoms with Crippen LogP contribution >= 0.6 is 0 Å². The zero-order chi connectivity index (χ0) is 32.2. The van der Waals surface area contributed by atoms with Crippen LogP contribution in [0.25, 0.3) is 33.4 Å². The molecule has 0 bridgehead atoms. The number of benzene rings is 2. The van der Waals surface area contributed by atoms with Crippen molar-refractivity contribution in [2.24, 2.45) is 0 Å². The first-order valence-corrected chi connectivity index (χ1v) is 14.7. The first-order valence-electron chi connectivity index (χ1n) is 14.7. The fourth-order valence-electron chi connectivity index (χ4n) is 5.55. The lowest BCUT2D eigenvalue weighted by molar-refractivity contribution is -0.146. The van der Waals surface area contributed by atoms with Gasteiger partial charge < -0.3 is 42.2 Å². The lowest BCUT2D eigenvalue weighted by Crippen LogP contribution is -3.00. The van der Waals surface area contributed by atoms with E-state index in [0.29, 0.717) is 60.7 Å². The number of hydrogen-bond acceptors (Lipinski definition) is 11. The number of esters is 2. The highest BCUT2D eigenvalue weighted by molar-refractivity contribution is 5.97. The van der Waals surface area contributed by atoms with Gasteiger partial charge in [-0.15, -0.1) is 10.2 Å². The number of para-hydroxylation sites is 1. The summed E-state index contributed by atoms with van der Waals surface area (Å²) in [5.74, 6) is -1.32. The monoisotopic (exact) mass is 662 g/mol. The Morgan fingerprint density at radius 1 is 0.894 bits per heavy atom. The summed E-state index contributed by atoms with van der Waals surface area (Å²) < 4.78 is 12.6. The van der Waals surface area contributed by atoms with Gasteiger partial charge in [0.15, 0.2) is 12.1 Å². The smallest absolute Gasteiger partial charge is 0.333 e. The van der Waals surface area contributed by atoms with Gasteiger partial charge in [-0.2, -0.15) is 0 Å². The number of fused-ring (bicyclic) bond motifs is 1. The highest BCUT2D eigenvalue weighted by Gasteiger charge is 2.27. The molecule has 0 radical (unpaired) electrons. The average molecular weight is 663 g/mol. The van der Waals surface area contributed by atoms with Crippen molar-refractivity contribution < 1.29 is 41.4 Å². The molecule has 15 nitrogen and oxygen atoms in total. The standard InChI is InChI=1S/C31H33N9O6.ClH/c1-45-30(43)27(14-22-15-33-24-6-4-3-5-23(22)24)39-16-25(34-36-39)19-11-20(13-21(12-19)29(42)38-9-7-32-8-10-38)26-17-40(37-35-26)28(18-41)31(44)46-2;/h3-6,11-13,15-17,27-28,32-33,41H,7-10,14,18H2,1-2H3;1H/p-1. The number of nitrogens with one attached hydrogen (secondary N) is 2. The predicted molar refractivity (Wildman–Crippen MR) is 164 cm³/mol. The maximum Gasteiger partial charge on any atom is 0.333 e. The van der Waals surface area contributed by atoms with Crippen molar-refractivity contribution in [2.45, 2.75) is 18.5 Å². The largest absolute Gasteiger partial charge is 1.00 e. The molecule has 16 heteroatoms. The second kappa shape index (κ2) is 14.5. The van der Waals surface area contributed by atoms with E-state index in [4.69, 9.17) is 9.47 Å². The van der Waals surface area contributed by atoms with Crippen molar-refractivity contribution in [3.8, 4) is 22.5 Å². The Labute approximate surface area is 275 Å². The van der Waals surface area contributed by atoms with Crippen molar-refractivity contribution >= 4 is 28.7 Å². The summed E-state index contributed by atoms with van der Waals surface area (Å²) in [5.41, 5.74) is 4.13. The van der Waals surface area contributed by atoms with E-state index in [-0.39, 0.29) is 18.3 Å². The molecule has 1 aliphatic rings. The van der Waals surface area contributed by atoms with Gasteiger partial charge in [0.05, 0.1) is 33.2 Å². The summed E-state index contributed by atoms with van der Waals surface area (Å²) in [6.45, 7) is 1.93. The van der Waals surface area contributed by atoms with Crippen LogP contribution in [0.3, 0.4) is 0 Å². The summed E-state index contributed by atoms with van der Waals surface area (Å²) in [6, 6.07) is 11.1. The number of halogens is 1. The maximum absolute atomic E-state index is 13.6. The third kappa shape index (κ3) is 6.86. The van der Waals surface area contributed by atoms with Gasteiger partial charge in [0.1, 0.15) is 11.4 Å². The van der Waals surface area contributed by atoms with Crippen LogP contribution in [0, 0.1) is 0 Å². The number of aliphatic hydroxyl groups excluding tert-OH is 1. The minimum Gasteiger partial charge on any atom is -1.00 e. The highest BCUT2D eigenvalue weighted by atomic mass is 35.5. The summed E-state index contributed by atoms with van der Waals surface area (Å²) in [6.07, 6.45) is 5.32. The van der Waals surface area contributed by atoms with Gasteiger partial charge in [0.2, 0.25) is 0 Å². The molecule has 2 aromatic carbocycles. The number of carbonyl (C=O) groups is 3. The van der Waals surface area contributed by atoms with Crippen molar-refractivity contribution in [1.82, 2.24) is 45.2 Å². The van der Waals surface area contributed by atoms with Crippen LogP contribution in [0.4, 0.5) is 0 Å². The van der Waals surface area contributed by atoms with Crippen LogP contribution in [0.1, 0.15) is 28.0 Å². The number of ether oxygens (including phenoxy) is 2. The molecule has 1 saturated heterocycles. The van der Waals surface area contributed by atoms with Crippen LogP contribution in [0.2, 0.25) is 0 Å². The Kier molecular flexibility index (Phi) is 10.3. The van der Waals surface area contributed by atoms with E-state index in [9.17, 15) is 19.5 Å². The normalized spacial score (nSPS) is 14.3. The number of H-pyrrole nitrogens is 1. The zero-order valence-corrected chi connectivity index (χ0v) is 26.4. The predicted octanol–water partition coefficient (Wildman–Crippen LogP) is -1.60. The van der Waals surface area contributed by atoms with E-state index in [1.54, 1.807) is 29.3 Å². The highest BCUT2D eigenvalue weighted by Crippen LogP contribution is 2.29. The molecule has 3 N–H and O–H groups in total. The number of hydrogen-bond donors (Lipinski definition) is 3. The number of methoxy groups -OCH3 is 2. The van der Waals surface area contributed by atoms with Gasteiger partial charge >= 0.3 is 11.9 Å². The van der Waals surface area contributed by atoms with Crippen molar-refractivity contribution in [2.75, 3.05) is 47.0 Å². The van der Waals surface area contributed by atoms with Gasteiger partial charge in [-0.1, -0.05) is 28.6 Å². The van der Waals surface area contributed by atoms with E-state index in [2.05, 4.69) is 30.9 Å². The van der Waals surface area contributed by atoms with Crippen molar-refractivity contribution in [3.63, 3.8) is 0 Å². The molecule has 1 aliphatic heterocycles. The van der Waals surface area contributed by atoms with Crippen molar-refractivity contribution in [1.29, 1.82) is 0 Å². The molecule has 1 fully saturated rings. The quantitative estimate of drug-likeness (QED) is 0.146. The number of aromatic amines is 1. The molecule has 4 heterocycles. The Bertz CT molecular complexity index is 1880. The Morgan fingerprint density at radius 3 is 2.11 bits per heavy atom. The lowest BCUT2D eigenvalue weighted by atomic mass is 10.0. The Balaban J connectivity index is 0.00000433. The molecule has 0 spiro atoms. The lowest BCUT2D eigenvalue weighted by Gasteiger charge is -2.27. The van der Waals surface area contributed by atoms with Gasteiger partial charge in [0.25, 0.3) is 5.91 Å². The van der Waals surface area contributed by atoms with Gasteiger partial charge in [-0.3, -0.25) is 4.79 Å². The third-order valence-corrected chi connectivity index (χ3v) is 8.04. The Hall–Kier alpha value is -5.12. The number of aliphatic hydroxyl groups is 1. The number of rotatable bonds is 10. The van der Waals surface area contributed by atoms with Crippen LogP contribution in [0.5, 0.6) is 0 Å². The second-order valence-corrected chi connectivity index (χ2v) is 10.8. The Morgan fingerprint density at radius 2 is 1.49 bits per heavy atom. The maximum atomic E-state index is 13.6. The molecular weight excluding hydrogens is 630 g/mol. The minimum absolute atomic E-state index is 0. The SMILES string of the molecule is COC(=O)C(CO)n1cc(-c2cc(C(=O)N3CCNCC3)cc(-c3cn(C(Cc4c[nH]c5ccccc45)C(=O)OC)nn3)c2)nn1.[Cl-]. The summed E-state index contributed by atoms with van der Waals surface area (Å²) in [5, 5.41) is 30.9. The van der Waals surface area contributed by atoms with E-state index in [0.717, 1.165) is 16.5 Å². The molecule has 2 atom stereocenters. The average Bonchev–Trinajstić information content (AvgIpc) is 3.88. The number of piperazine rings is 1. The van der Waals surface area contributed by atoms with Gasteiger partial charge in [-0.05, 0) is 29.8 Å². The number of amides is 1. The summed E-state index contributed by atoms with van der Waals surface area (Å²) in [4.78, 5) is 43.8. The first-order chi connectivity index (χ1) is 22.4. The molecule has 3 aromatic heterocycles. The molecule has 6 rings (SSSR count).